The van der Waals surface area contributed by atoms with Crippen LogP contribution in [0.5, 0.6) is 0 Å². The summed E-state index contributed by atoms with van der Waals surface area (Å²) in [6.45, 7) is 4.81. The fourth-order valence-corrected chi connectivity index (χ4v) is 3.19. The fourth-order valence-electron chi connectivity index (χ4n) is 1.47. The van der Waals surface area contributed by atoms with E-state index >= 15 is 0 Å². The topological polar surface area (TPSA) is 9.23 Å². The second-order valence-corrected chi connectivity index (χ2v) is 5.50. The van der Waals surface area contributed by atoms with E-state index in [1.165, 1.54) is 15.6 Å². The van der Waals surface area contributed by atoms with Crippen LogP contribution in [0.2, 0.25) is 0 Å². The maximum Gasteiger partial charge on any atom is 0.0734 e. The summed E-state index contributed by atoms with van der Waals surface area (Å²) in [5, 5.41) is 3.47. The van der Waals surface area contributed by atoms with Gasteiger partial charge in [0.25, 0.3) is 0 Å². The third kappa shape index (κ3) is 2.41. The maximum atomic E-state index is 5.64. The van der Waals surface area contributed by atoms with Crippen molar-refractivity contribution in [3.05, 3.63) is 33.6 Å². The summed E-state index contributed by atoms with van der Waals surface area (Å²) in [4.78, 5) is 0. The van der Waals surface area contributed by atoms with E-state index in [4.69, 9.17) is 4.74 Å². The summed E-state index contributed by atoms with van der Waals surface area (Å²) < 4.78 is 8.10. The minimum atomic E-state index is 0.280. The van der Waals surface area contributed by atoms with Crippen molar-refractivity contribution in [3.63, 3.8) is 0 Å². The van der Waals surface area contributed by atoms with E-state index < -0.39 is 0 Å². The lowest BCUT2D eigenvalue weighted by Gasteiger charge is -2.06. The van der Waals surface area contributed by atoms with Crippen molar-refractivity contribution in [1.29, 1.82) is 0 Å². The van der Waals surface area contributed by atoms with Gasteiger partial charge in [0.1, 0.15) is 0 Å². The molecule has 0 aliphatic carbocycles. The van der Waals surface area contributed by atoms with Crippen LogP contribution in [0.25, 0.3) is 10.1 Å². The van der Waals surface area contributed by atoms with E-state index in [2.05, 4.69) is 53.4 Å². The van der Waals surface area contributed by atoms with Gasteiger partial charge < -0.3 is 4.74 Å². The average Bonchev–Trinajstić information content (AvgIpc) is 2.59. The second kappa shape index (κ2) is 4.64. The molecule has 0 aliphatic heterocycles. The van der Waals surface area contributed by atoms with Crippen LogP contribution in [0, 0.1) is 0 Å². The number of ether oxygens (including phenoxy) is 1. The normalized spacial score (nSPS) is 11.5. The van der Waals surface area contributed by atoms with Crippen molar-refractivity contribution < 1.29 is 4.74 Å². The molecule has 0 saturated heterocycles. The molecule has 1 heterocycles. The Bertz CT molecular complexity index is 462. The van der Waals surface area contributed by atoms with E-state index in [0.717, 1.165) is 4.47 Å². The minimum absolute atomic E-state index is 0.280. The largest absolute Gasteiger partial charge is 0.374 e. The summed E-state index contributed by atoms with van der Waals surface area (Å²) in [7, 11) is 0. The second-order valence-electron chi connectivity index (χ2n) is 3.73. The molecule has 0 N–H and O–H groups in total. The van der Waals surface area contributed by atoms with E-state index in [9.17, 15) is 0 Å². The molecule has 0 atom stereocenters. The number of halogens is 1. The first kappa shape index (κ1) is 11.1. The monoisotopic (exact) mass is 284 g/mol. The lowest BCUT2D eigenvalue weighted by Crippen LogP contribution is -2.01. The number of hydrogen-bond donors (Lipinski definition) is 0. The molecule has 3 heteroatoms. The molecule has 0 aliphatic rings. The summed E-state index contributed by atoms with van der Waals surface area (Å²) in [6, 6.07) is 6.29. The minimum Gasteiger partial charge on any atom is -0.374 e. The Morgan fingerprint density at radius 3 is 2.93 bits per heavy atom. The molecule has 15 heavy (non-hydrogen) atoms. The molecule has 1 aromatic carbocycles. The quantitative estimate of drug-likeness (QED) is 0.801. The molecule has 2 rings (SSSR count). The van der Waals surface area contributed by atoms with Crippen LogP contribution in [0.3, 0.4) is 0 Å². The Kier molecular flexibility index (Phi) is 3.44. The highest BCUT2D eigenvalue weighted by atomic mass is 79.9. The predicted molar refractivity (Wildman–Crippen MR) is 69.5 cm³/mol. The van der Waals surface area contributed by atoms with Gasteiger partial charge in [-0.1, -0.05) is 22.0 Å². The molecule has 0 fully saturated rings. The molecule has 0 radical (unpaired) electrons. The lowest BCUT2D eigenvalue weighted by molar-refractivity contribution is 0.0666. The standard InChI is InChI=1S/C12H13BrOS/c1-8(2)14-6-9-7-15-11-5-3-4-10(13)12(9)11/h3-5,7-8H,6H2,1-2H3. The SMILES string of the molecule is CC(C)OCc1csc2cccc(Br)c12. The van der Waals surface area contributed by atoms with Crippen LogP contribution in [-0.4, -0.2) is 6.10 Å². The smallest absolute Gasteiger partial charge is 0.0734 e. The fraction of sp³-hybridized carbons (Fsp3) is 0.333. The molecular formula is C12H13BrOS. The van der Waals surface area contributed by atoms with E-state index in [-0.39, 0.29) is 6.10 Å². The van der Waals surface area contributed by atoms with Gasteiger partial charge in [-0.05, 0) is 36.9 Å². The van der Waals surface area contributed by atoms with Crippen LogP contribution >= 0.6 is 27.3 Å². The Balaban J connectivity index is 2.35. The molecule has 0 saturated carbocycles. The summed E-state index contributed by atoms with van der Waals surface area (Å²) in [5.74, 6) is 0. The highest BCUT2D eigenvalue weighted by Crippen LogP contribution is 2.32. The molecule has 0 bridgehead atoms. The van der Waals surface area contributed by atoms with Crippen molar-refractivity contribution in [2.75, 3.05) is 0 Å². The zero-order chi connectivity index (χ0) is 10.8. The van der Waals surface area contributed by atoms with E-state index in [0.29, 0.717) is 6.61 Å². The highest BCUT2D eigenvalue weighted by molar-refractivity contribution is 9.10. The van der Waals surface area contributed by atoms with Crippen LogP contribution in [0.1, 0.15) is 19.4 Å². The third-order valence-electron chi connectivity index (χ3n) is 2.20. The Labute approximate surface area is 102 Å². The summed E-state index contributed by atoms with van der Waals surface area (Å²) in [5.41, 5.74) is 1.27. The number of benzene rings is 1. The van der Waals surface area contributed by atoms with Gasteiger partial charge in [-0.25, -0.2) is 0 Å². The molecule has 80 valence electrons. The van der Waals surface area contributed by atoms with Crippen molar-refractivity contribution in [3.8, 4) is 0 Å². The molecule has 1 aromatic heterocycles. The predicted octanol–water partition coefficient (Wildman–Crippen LogP) is 4.59. The van der Waals surface area contributed by atoms with Gasteiger partial charge in [-0.3, -0.25) is 0 Å². The Morgan fingerprint density at radius 2 is 2.20 bits per heavy atom. The van der Waals surface area contributed by atoms with E-state index in [1.807, 2.05) is 0 Å². The van der Waals surface area contributed by atoms with Crippen LogP contribution in [0.15, 0.2) is 28.1 Å². The van der Waals surface area contributed by atoms with Crippen molar-refractivity contribution >= 4 is 37.4 Å². The highest BCUT2D eigenvalue weighted by Gasteiger charge is 2.07. The van der Waals surface area contributed by atoms with Gasteiger partial charge in [-0.2, -0.15) is 0 Å². The first-order valence-electron chi connectivity index (χ1n) is 4.94. The van der Waals surface area contributed by atoms with Crippen LogP contribution < -0.4 is 0 Å². The molecule has 0 unspecified atom stereocenters. The van der Waals surface area contributed by atoms with Gasteiger partial charge in [0.05, 0.1) is 12.7 Å². The van der Waals surface area contributed by atoms with Gasteiger partial charge in [0.15, 0.2) is 0 Å². The number of fused-ring (bicyclic) bond motifs is 1. The maximum absolute atomic E-state index is 5.64. The summed E-state index contributed by atoms with van der Waals surface area (Å²) >= 11 is 5.35. The molecule has 0 spiro atoms. The zero-order valence-corrected chi connectivity index (χ0v) is 11.2. The third-order valence-corrected chi connectivity index (χ3v) is 3.85. The first-order chi connectivity index (χ1) is 7.18. The average molecular weight is 285 g/mol. The Hall–Kier alpha value is -0.380. The van der Waals surface area contributed by atoms with Crippen molar-refractivity contribution in [2.45, 2.75) is 26.6 Å². The van der Waals surface area contributed by atoms with E-state index in [1.54, 1.807) is 11.3 Å². The number of thiophene rings is 1. The first-order valence-corrected chi connectivity index (χ1v) is 6.62. The van der Waals surface area contributed by atoms with Crippen LogP contribution in [-0.2, 0) is 11.3 Å². The lowest BCUT2D eigenvalue weighted by atomic mass is 10.2. The van der Waals surface area contributed by atoms with Crippen molar-refractivity contribution in [2.24, 2.45) is 0 Å². The van der Waals surface area contributed by atoms with Gasteiger partial charge >= 0.3 is 0 Å². The molecular weight excluding hydrogens is 272 g/mol. The van der Waals surface area contributed by atoms with Crippen LogP contribution in [0.4, 0.5) is 0 Å². The zero-order valence-electron chi connectivity index (χ0n) is 8.79. The van der Waals surface area contributed by atoms with Gasteiger partial charge in [0, 0.05) is 14.6 Å². The molecule has 2 aromatic rings. The number of hydrogen-bond acceptors (Lipinski definition) is 2. The van der Waals surface area contributed by atoms with Crippen molar-refractivity contribution in [1.82, 2.24) is 0 Å². The number of rotatable bonds is 3. The molecule has 1 nitrogen and oxygen atoms in total. The van der Waals surface area contributed by atoms with Gasteiger partial charge in [0.2, 0.25) is 0 Å². The summed E-state index contributed by atoms with van der Waals surface area (Å²) in [6.07, 6.45) is 0.280. The molecule has 0 amide bonds. The van der Waals surface area contributed by atoms with Gasteiger partial charge in [-0.15, -0.1) is 11.3 Å². The Morgan fingerprint density at radius 1 is 1.40 bits per heavy atom.